The second-order valence-corrected chi connectivity index (χ2v) is 8.73. The van der Waals surface area contributed by atoms with Crippen molar-refractivity contribution in [3.63, 3.8) is 0 Å². The summed E-state index contributed by atoms with van der Waals surface area (Å²) in [6, 6.07) is 0. The van der Waals surface area contributed by atoms with Gasteiger partial charge in [0, 0.05) is 19.5 Å². The fourth-order valence-corrected chi connectivity index (χ4v) is 3.66. The number of aromatic nitrogens is 1. The van der Waals surface area contributed by atoms with Crippen LogP contribution in [0.5, 0.6) is 0 Å². The normalized spacial score (nSPS) is 23.8. The highest BCUT2D eigenvalue weighted by atomic mass is 79.9. The van der Waals surface area contributed by atoms with Gasteiger partial charge in [0.25, 0.3) is 0 Å². The summed E-state index contributed by atoms with van der Waals surface area (Å²) in [4.78, 5) is 18.1. The maximum atomic E-state index is 12.1. The third kappa shape index (κ3) is 4.40. The van der Waals surface area contributed by atoms with Gasteiger partial charge in [-0.05, 0) is 49.5 Å². The Kier molecular flexibility index (Phi) is 4.95. The lowest BCUT2D eigenvalue weighted by molar-refractivity contribution is 0.0127. The van der Waals surface area contributed by atoms with Crippen molar-refractivity contribution < 1.29 is 14.6 Å². The van der Waals surface area contributed by atoms with Crippen molar-refractivity contribution >= 4 is 33.4 Å². The monoisotopic (exact) mass is 376 g/mol. The Morgan fingerprint density at radius 2 is 2.19 bits per heavy atom. The van der Waals surface area contributed by atoms with Crippen LogP contribution in [-0.2, 0) is 10.3 Å². The molecular formula is C14H21BrN2O3S. The molecule has 5 nitrogen and oxygen atoms in total. The summed E-state index contributed by atoms with van der Waals surface area (Å²) >= 11 is 4.81. The molecule has 1 aliphatic heterocycles. The zero-order valence-electron chi connectivity index (χ0n) is 12.6. The Balaban J connectivity index is 2.03. The predicted molar refractivity (Wildman–Crippen MR) is 85.4 cm³/mol. The van der Waals surface area contributed by atoms with Gasteiger partial charge in [-0.1, -0.05) is 0 Å². The summed E-state index contributed by atoms with van der Waals surface area (Å²) in [6.45, 7) is 6.64. The van der Waals surface area contributed by atoms with Crippen LogP contribution in [0, 0.1) is 0 Å². The molecule has 0 saturated carbocycles. The number of hydrogen-bond acceptors (Lipinski definition) is 5. The number of amides is 1. The molecule has 1 aliphatic rings. The Bertz CT molecular complexity index is 515. The number of hydrogen-bond donors (Lipinski definition) is 1. The summed E-state index contributed by atoms with van der Waals surface area (Å²) in [5.41, 5.74) is -1.45. The van der Waals surface area contributed by atoms with E-state index in [0.717, 1.165) is 10.2 Å². The third-order valence-electron chi connectivity index (χ3n) is 3.34. The fourth-order valence-electron chi connectivity index (χ4n) is 2.31. The minimum absolute atomic E-state index is 0.313. The molecule has 1 aromatic heterocycles. The van der Waals surface area contributed by atoms with Crippen molar-refractivity contribution in [1.29, 1.82) is 0 Å². The molecule has 0 aliphatic carbocycles. The molecule has 0 bridgehead atoms. The molecule has 1 amide bonds. The van der Waals surface area contributed by atoms with Crippen molar-refractivity contribution in [3.8, 4) is 0 Å². The van der Waals surface area contributed by atoms with Crippen molar-refractivity contribution in [2.45, 2.75) is 51.2 Å². The van der Waals surface area contributed by atoms with Crippen molar-refractivity contribution in [1.82, 2.24) is 9.88 Å². The number of thiazole rings is 1. The number of halogens is 1. The number of carbonyl (C=O) groups excluding carboxylic acids is 1. The summed E-state index contributed by atoms with van der Waals surface area (Å²) in [5, 5.41) is 11.5. The summed E-state index contributed by atoms with van der Waals surface area (Å²) < 4.78 is 6.30. The van der Waals surface area contributed by atoms with E-state index in [4.69, 9.17) is 4.74 Å². The van der Waals surface area contributed by atoms with Crippen molar-refractivity contribution in [3.05, 3.63) is 15.0 Å². The van der Waals surface area contributed by atoms with Gasteiger partial charge < -0.3 is 14.7 Å². The number of nitrogens with zero attached hydrogens (tertiary/aromatic N) is 2. The lowest BCUT2D eigenvalue weighted by Gasteiger charge is -2.27. The number of aliphatic hydroxyl groups is 1. The smallest absolute Gasteiger partial charge is 0.410 e. The summed E-state index contributed by atoms with van der Waals surface area (Å²) in [5.74, 6) is 0. The number of likely N-dealkylation sites (tertiary alicyclic amines) is 1. The van der Waals surface area contributed by atoms with E-state index in [1.165, 1.54) is 11.3 Å². The summed E-state index contributed by atoms with van der Waals surface area (Å²) in [6.07, 6.45) is 3.20. The maximum Gasteiger partial charge on any atom is 0.410 e. The quantitative estimate of drug-likeness (QED) is 0.814. The average Bonchev–Trinajstić information content (AvgIpc) is 2.68. The molecule has 1 aromatic rings. The van der Waals surface area contributed by atoms with E-state index >= 15 is 0 Å². The first-order valence-electron chi connectivity index (χ1n) is 7.02. The van der Waals surface area contributed by atoms with Crippen LogP contribution in [0.2, 0.25) is 0 Å². The zero-order valence-corrected chi connectivity index (χ0v) is 15.0. The largest absolute Gasteiger partial charge is 0.444 e. The first-order valence-corrected chi connectivity index (χ1v) is 8.63. The Hall–Kier alpha value is -0.660. The van der Waals surface area contributed by atoms with E-state index in [-0.39, 0.29) is 6.09 Å². The van der Waals surface area contributed by atoms with E-state index in [1.807, 2.05) is 20.8 Å². The molecule has 21 heavy (non-hydrogen) atoms. The van der Waals surface area contributed by atoms with E-state index in [2.05, 4.69) is 20.9 Å². The number of rotatable bonds is 1. The van der Waals surface area contributed by atoms with Gasteiger partial charge in [0.15, 0.2) is 0 Å². The zero-order chi connectivity index (χ0) is 15.7. The van der Waals surface area contributed by atoms with E-state index in [1.54, 1.807) is 11.1 Å². The highest BCUT2D eigenvalue weighted by Gasteiger charge is 2.36. The van der Waals surface area contributed by atoms with Crippen LogP contribution in [0.4, 0.5) is 4.79 Å². The number of ether oxygens (including phenoxy) is 1. The Morgan fingerprint density at radius 3 is 2.76 bits per heavy atom. The van der Waals surface area contributed by atoms with E-state index in [0.29, 0.717) is 30.9 Å². The molecule has 1 atom stereocenters. The standard InChI is InChI=1S/C14H21BrN2O3S/c1-13(2,3)20-12(18)17-7-4-5-14(19,6-8-17)11-16-9-10(15)21-11/h9,19H,4-8H2,1-3H3/t14-/m1/s1. The van der Waals surface area contributed by atoms with E-state index < -0.39 is 11.2 Å². The molecular weight excluding hydrogens is 356 g/mol. The first kappa shape index (κ1) is 16.7. The second kappa shape index (κ2) is 6.22. The average molecular weight is 377 g/mol. The molecule has 1 saturated heterocycles. The molecule has 0 radical (unpaired) electrons. The van der Waals surface area contributed by atoms with Crippen molar-refractivity contribution in [2.75, 3.05) is 13.1 Å². The van der Waals surface area contributed by atoms with E-state index in [9.17, 15) is 9.90 Å². The Morgan fingerprint density at radius 1 is 1.48 bits per heavy atom. The molecule has 2 heterocycles. The van der Waals surface area contributed by atoms with Crippen LogP contribution in [0.15, 0.2) is 9.98 Å². The highest BCUT2D eigenvalue weighted by Crippen LogP contribution is 2.36. The molecule has 2 rings (SSSR count). The first-order chi connectivity index (χ1) is 9.70. The lowest BCUT2D eigenvalue weighted by Crippen LogP contribution is -2.38. The fraction of sp³-hybridized carbons (Fsp3) is 0.714. The molecule has 1 N–H and O–H groups in total. The minimum atomic E-state index is -0.951. The van der Waals surface area contributed by atoms with Crippen LogP contribution >= 0.6 is 27.3 Å². The van der Waals surface area contributed by atoms with Crippen molar-refractivity contribution in [2.24, 2.45) is 0 Å². The molecule has 0 unspecified atom stereocenters. The van der Waals surface area contributed by atoms with Gasteiger partial charge in [-0.25, -0.2) is 9.78 Å². The third-order valence-corrected chi connectivity index (χ3v) is 5.01. The van der Waals surface area contributed by atoms with Crippen LogP contribution in [-0.4, -0.2) is 39.8 Å². The summed E-state index contributed by atoms with van der Waals surface area (Å²) in [7, 11) is 0. The molecule has 1 fully saturated rings. The SMILES string of the molecule is CC(C)(C)OC(=O)N1CCC[C@](O)(c2ncc(Br)s2)CC1. The number of carbonyl (C=O) groups is 1. The lowest BCUT2D eigenvalue weighted by atomic mass is 9.96. The van der Waals surface area contributed by atoms with Gasteiger partial charge in [-0.3, -0.25) is 0 Å². The van der Waals surface area contributed by atoms with Crippen LogP contribution < -0.4 is 0 Å². The second-order valence-electron chi connectivity index (χ2n) is 6.32. The van der Waals surface area contributed by atoms with Gasteiger partial charge >= 0.3 is 6.09 Å². The maximum absolute atomic E-state index is 12.1. The van der Waals surface area contributed by atoms with Gasteiger partial charge in [-0.15, -0.1) is 11.3 Å². The van der Waals surface area contributed by atoms with Crippen LogP contribution in [0.25, 0.3) is 0 Å². The molecule has 0 aromatic carbocycles. The predicted octanol–water partition coefficient (Wildman–Crippen LogP) is 3.51. The van der Waals surface area contributed by atoms with Gasteiger partial charge in [0.05, 0.1) is 9.98 Å². The minimum Gasteiger partial charge on any atom is -0.444 e. The van der Waals surface area contributed by atoms with Gasteiger partial charge in [0.1, 0.15) is 16.2 Å². The molecule has 118 valence electrons. The molecule has 0 spiro atoms. The highest BCUT2D eigenvalue weighted by molar-refractivity contribution is 9.11. The topological polar surface area (TPSA) is 62.7 Å². The van der Waals surface area contributed by atoms with Crippen LogP contribution in [0.3, 0.4) is 0 Å². The van der Waals surface area contributed by atoms with Crippen LogP contribution in [0.1, 0.15) is 45.0 Å². The van der Waals surface area contributed by atoms with Gasteiger partial charge in [-0.2, -0.15) is 0 Å². The molecule has 7 heteroatoms. The Labute approximate surface area is 137 Å². The van der Waals surface area contributed by atoms with Gasteiger partial charge in [0.2, 0.25) is 0 Å².